The number of halogens is 1. The second-order valence-electron chi connectivity index (χ2n) is 4.90. The second-order valence-corrected chi connectivity index (χ2v) is 5.75. The van der Waals surface area contributed by atoms with E-state index in [1.54, 1.807) is 7.11 Å². The highest BCUT2D eigenvalue weighted by atomic mass is 79.9. The number of rotatable bonds is 5. The molecule has 0 amide bonds. The van der Waals surface area contributed by atoms with Crippen molar-refractivity contribution in [2.45, 2.75) is 32.4 Å². The minimum Gasteiger partial charge on any atom is -0.496 e. The maximum Gasteiger partial charge on any atom is 0.133 e. The number of nitrogens with zero attached hydrogens (tertiary/aromatic N) is 1. The average molecular weight is 328 g/mol. The molecule has 0 N–H and O–H groups in total. The van der Waals surface area contributed by atoms with E-state index in [2.05, 4.69) is 39.9 Å². The van der Waals surface area contributed by atoms with Gasteiger partial charge in [-0.3, -0.25) is 4.90 Å². The molecule has 0 aromatic heterocycles. The molecule has 0 spiro atoms. The van der Waals surface area contributed by atoms with Gasteiger partial charge in [-0.1, -0.05) is 6.07 Å². The standard InChI is InChI=1S/C15H22BrNO2/c1-3-19-13-6-8-17(9-7-13)11-12-4-5-15(18-2)14(16)10-12/h4-5,10,13H,3,6-9,11H2,1-2H3. The number of hydrogen-bond acceptors (Lipinski definition) is 3. The van der Waals surface area contributed by atoms with E-state index in [4.69, 9.17) is 9.47 Å². The molecule has 0 aliphatic carbocycles. The molecule has 2 rings (SSSR count). The summed E-state index contributed by atoms with van der Waals surface area (Å²) in [5.74, 6) is 0.888. The Morgan fingerprint density at radius 3 is 2.63 bits per heavy atom. The Bertz CT molecular complexity index is 403. The Morgan fingerprint density at radius 2 is 2.05 bits per heavy atom. The molecular formula is C15H22BrNO2. The summed E-state index contributed by atoms with van der Waals surface area (Å²) < 4.78 is 12.0. The molecule has 1 heterocycles. The fourth-order valence-corrected chi connectivity index (χ4v) is 3.12. The Labute approximate surface area is 124 Å². The van der Waals surface area contributed by atoms with Crippen LogP contribution in [0.5, 0.6) is 5.75 Å². The van der Waals surface area contributed by atoms with Gasteiger partial charge in [-0.2, -0.15) is 0 Å². The predicted molar refractivity (Wildman–Crippen MR) is 80.6 cm³/mol. The van der Waals surface area contributed by atoms with E-state index >= 15 is 0 Å². The maximum absolute atomic E-state index is 5.68. The summed E-state index contributed by atoms with van der Waals surface area (Å²) in [4.78, 5) is 2.49. The van der Waals surface area contributed by atoms with Crippen LogP contribution in [0.1, 0.15) is 25.3 Å². The lowest BCUT2D eigenvalue weighted by atomic mass is 10.1. The molecule has 0 bridgehead atoms. The van der Waals surface area contributed by atoms with Crippen LogP contribution in [0.3, 0.4) is 0 Å². The molecule has 1 aromatic rings. The molecule has 19 heavy (non-hydrogen) atoms. The van der Waals surface area contributed by atoms with Gasteiger partial charge in [-0.05, 0) is 53.4 Å². The monoisotopic (exact) mass is 327 g/mol. The van der Waals surface area contributed by atoms with Crippen molar-refractivity contribution in [3.8, 4) is 5.75 Å². The van der Waals surface area contributed by atoms with Crippen molar-refractivity contribution in [1.29, 1.82) is 0 Å². The van der Waals surface area contributed by atoms with Crippen molar-refractivity contribution in [3.63, 3.8) is 0 Å². The zero-order valence-electron chi connectivity index (χ0n) is 11.7. The molecule has 1 saturated heterocycles. The smallest absolute Gasteiger partial charge is 0.133 e. The fourth-order valence-electron chi connectivity index (χ4n) is 2.54. The lowest BCUT2D eigenvalue weighted by Gasteiger charge is -2.31. The Kier molecular flexibility index (Phi) is 5.67. The quantitative estimate of drug-likeness (QED) is 0.826. The highest BCUT2D eigenvalue weighted by Crippen LogP contribution is 2.26. The normalized spacial score (nSPS) is 17.6. The van der Waals surface area contributed by atoms with Crippen LogP contribution in [0.25, 0.3) is 0 Å². The molecule has 0 unspecified atom stereocenters. The molecule has 1 aliphatic heterocycles. The molecule has 3 nitrogen and oxygen atoms in total. The topological polar surface area (TPSA) is 21.7 Å². The van der Waals surface area contributed by atoms with Gasteiger partial charge in [0.15, 0.2) is 0 Å². The molecule has 0 atom stereocenters. The van der Waals surface area contributed by atoms with Gasteiger partial charge in [0.1, 0.15) is 5.75 Å². The van der Waals surface area contributed by atoms with E-state index in [1.165, 1.54) is 5.56 Å². The molecular weight excluding hydrogens is 306 g/mol. The Morgan fingerprint density at radius 1 is 1.32 bits per heavy atom. The maximum atomic E-state index is 5.68. The number of hydrogen-bond donors (Lipinski definition) is 0. The summed E-state index contributed by atoms with van der Waals surface area (Å²) in [6, 6.07) is 6.30. The summed E-state index contributed by atoms with van der Waals surface area (Å²) in [7, 11) is 1.69. The number of likely N-dealkylation sites (tertiary alicyclic amines) is 1. The Hall–Kier alpha value is -0.580. The largest absolute Gasteiger partial charge is 0.496 e. The minimum absolute atomic E-state index is 0.462. The average Bonchev–Trinajstić information content (AvgIpc) is 2.42. The molecule has 1 aromatic carbocycles. The van der Waals surface area contributed by atoms with Gasteiger partial charge in [0.25, 0.3) is 0 Å². The van der Waals surface area contributed by atoms with Gasteiger partial charge in [-0.25, -0.2) is 0 Å². The van der Waals surface area contributed by atoms with Gasteiger partial charge >= 0.3 is 0 Å². The minimum atomic E-state index is 0.462. The Balaban J connectivity index is 1.87. The zero-order chi connectivity index (χ0) is 13.7. The molecule has 1 fully saturated rings. The molecule has 0 saturated carbocycles. The summed E-state index contributed by atoms with van der Waals surface area (Å²) in [5.41, 5.74) is 1.32. The fraction of sp³-hybridized carbons (Fsp3) is 0.600. The van der Waals surface area contributed by atoms with E-state index in [9.17, 15) is 0 Å². The zero-order valence-corrected chi connectivity index (χ0v) is 13.3. The van der Waals surface area contributed by atoms with Crippen molar-refractivity contribution in [3.05, 3.63) is 28.2 Å². The van der Waals surface area contributed by atoms with Crippen molar-refractivity contribution < 1.29 is 9.47 Å². The van der Waals surface area contributed by atoms with Crippen LogP contribution in [0, 0.1) is 0 Å². The van der Waals surface area contributed by atoms with Crippen LogP contribution in [0.15, 0.2) is 22.7 Å². The summed E-state index contributed by atoms with van der Waals surface area (Å²) >= 11 is 3.54. The molecule has 4 heteroatoms. The first-order chi connectivity index (χ1) is 9.22. The van der Waals surface area contributed by atoms with Crippen LogP contribution in [-0.2, 0) is 11.3 Å². The van der Waals surface area contributed by atoms with Gasteiger partial charge in [-0.15, -0.1) is 0 Å². The van der Waals surface area contributed by atoms with Crippen molar-refractivity contribution >= 4 is 15.9 Å². The van der Waals surface area contributed by atoms with Gasteiger partial charge < -0.3 is 9.47 Å². The first-order valence-electron chi connectivity index (χ1n) is 6.89. The number of methoxy groups -OCH3 is 1. The van der Waals surface area contributed by atoms with Crippen LogP contribution in [-0.4, -0.2) is 37.8 Å². The van der Waals surface area contributed by atoms with Crippen molar-refractivity contribution in [2.75, 3.05) is 26.8 Å². The van der Waals surface area contributed by atoms with Crippen molar-refractivity contribution in [1.82, 2.24) is 4.90 Å². The number of ether oxygens (including phenoxy) is 2. The first-order valence-corrected chi connectivity index (χ1v) is 7.68. The van der Waals surface area contributed by atoms with Crippen LogP contribution >= 0.6 is 15.9 Å². The van der Waals surface area contributed by atoms with Crippen LogP contribution in [0.2, 0.25) is 0 Å². The predicted octanol–water partition coefficient (Wildman–Crippen LogP) is 3.46. The number of benzene rings is 1. The van der Waals surface area contributed by atoms with E-state index in [-0.39, 0.29) is 0 Å². The summed E-state index contributed by atoms with van der Waals surface area (Å²) in [5, 5.41) is 0. The first kappa shape index (κ1) is 14.8. The van der Waals surface area contributed by atoms with E-state index in [1.807, 2.05) is 6.07 Å². The lowest BCUT2D eigenvalue weighted by molar-refractivity contribution is 0.0125. The van der Waals surface area contributed by atoms with Gasteiger partial charge in [0.05, 0.1) is 17.7 Å². The highest BCUT2D eigenvalue weighted by molar-refractivity contribution is 9.10. The third kappa shape index (κ3) is 4.20. The van der Waals surface area contributed by atoms with Crippen LogP contribution in [0.4, 0.5) is 0 Å². The van der Waals surface area contributed by atoms with Gasteiger partial charge in [0.2, 0.25) is 0 Å². The second kappa shape index (κ2) is 7.27. The lowest BCUT2D eigenvalue weighted by Crippen LogP contribution is -2.36. The molecule has 106 valence electrons. The highest BCUT2D eigenvalue weighted by Gasteiger charge is 2.19. The van der Waals surface area contributed by atoms with E-state index in [0.29, 0.717) is 6.10 Å². The molecule has 0 radical (unpaired) electrons. The summed E-state index contributed by atoms with van der Waals surface area (Å²) in [6.07, 6.45) is 2.75. The number of piperidine rings is 1. The third-order valence-electron chi connectivity index (χ3n) is 3.56. The SMILES string of the molecule is CCOC1CCN(Cc2ccc(OC)c(Br)c2)CC1. The molecule has 1 aliphatic rings. The third-order valence-corrected chi connectivity index (χ3v) is 4.18. The van der Waals surface area contributed by atoms with Crippen LogP contribution < -0.4 is 4.74 Å². The van der Waals surface area contributed by atoms with Gasteiger partial charge in [0, 0.05) is 26.2 Å². The van der Waals surface area contributed by atoms with E-state index < -0.39 is 0 Å². The van der Waals surface area contributed by atoms with E-state index in [0.717, 1.165) is 49.3 Å². The van der Waals surface area contributed by atoms with Crippen molar-refractivity contribution in [2.24, 2.45) is 0 Å². The summed E-state index contributed by atoms with van der Waals surface area (Å²) in [6.45, 7) is 6.14.